The zero-order valence-electron chi connectivity index (χ0n) is 19.9. The number of aryl methyl sites for hydroxylation is 1. The lowest BCUT2D eigenvalue weighted by Gasteiger charge is -2.38. The lowest BCUT2D eigenvalue weighted by molar-refractivity contribution is 0.628. The summed E-state index contributed by atoms with van der Waals surface area (Å²) in [6.07, 6.45) is 1.72. The van der Waals surface area contributed by atoms with Gasteiger partial charge >= 0.3 is 0 Å². The number of anilines is 1. The molecule has 0 aliphatic rings. The topological polar surface area (TPSA) is 48.8 Å². The Bertz CT molecular complexity index is 1370. The normalized spacial score (nSPS) is 11.2. The van der Waals surface area contributed by atoms with Gasteiger partial charge in [-0.25, -0.2) is 4.39 Å². The Labute approximate surface area is 210 Å². The van der Waals surface area contributed by atoms with Crippen molar-refractivity contribution >= 4 is 11.4 Å². The Kier molecular flexibility index (Phi) is 6.42. The number of rotatable bonds is 7. The van der Waals surface area contributed by atoms with Gasteiger partial charge in [0.25, 0.3) is 0 Å². The molecule has 2 N–H and O–H groups in total. The van der Waals surface area contributed by atoms with Crippen LogP contribution in [-0.4, -0.2) is 10.7 Å². The average molecular weight is 472 g/mol. The van der Waals surface area contributed by atoms with Crippen LogP contribution in [0.4, 0.5) is 10.1 Å². The molecule has 0 saturated carbocycles. The summed E-state index contributed by atoms with van der Waals surface area (Å²) in [7, 11) is 0. The zero-order valence-corrected chi connectivity index (χ0v) is 19.9. The predicted molar refractivity (Wildman–Crippen MR) is 144 cm³/mol. The van der Waals surface area contributed by atoms with Gasteiger partial charge in [-0.1, -0.05) is 91.0 Å². The number of benzene rings is 4. The van der Waals surface area contributed by atoms with Crippen LogP contribution in [0.5, 0.6) is 0 Å². The van der Waals surface area contributed by atoms with Crippen LogP contribution in [0.2, 0.25) is 0 Å². The third-order valence-corrected chi connectivity index (χ3v) is 6.39. The van der Waals surface area contributed by atoms with Crippen molar-refractivity contribution in [1.29, 1.82) is 5.41 Å². The Balaban J connectivity index is 1.74. The lowest BCUT2D eigenvalue weighted by Crippen LogP contribution is -2.38. The van der Waals surface area contributed by atoms with Gasteiger partial charge in [-0.05, 0) is 53.9 Å². The molecule has 36 heavy (non-hydrogen) atoms. The summed E-state index contributed by atoms with van der Waals surface area (Å²) in [4.78, 5) is 4.50. The van der Waals surface area contributed by atoms with E-state index in [0.29, 0.717) is 11.1 Å². The van der Waals surface area contributed by atoms with Gasteiger partial charge in [0.15, 0.2) is 0 Å². The fourth-order valence-electron chi connectivity index (χ4n) is 4.62. The molecule has 5 aromatic rings. The summed E-state index contributed by atoms with van der Waals surface area (Å²) in [5.41, 5.74) is 5.59. The molecule has 5 rings (SSSR count). The maximum Gasteiger partial charge on any atom is 0.123 e. The molecule has 0 aliphatic carbocycles. The van der Waals surface area contributed by atoms with Gasteiger partial charge in [-0.15, -0.1) is 0 Å². The van der Waals surface area contributed by atoms with E-state index in [2.05, 4.69) is 46.7 Å². The maximum atomic E-state index is 13.6. The molecular formula is C32H26FN3. The largest absolute Gasteiger partial charge is 0.367 e. The first kappa shape index (κ1) is 23.2. The Morgan fingerprint density at radius 2 is 1.19 bits per heavy atom. The molecule has 4 heteroatoms. The second-order valence-corrected chi connectivity index (χ2v) is 8.73. The molecule has 0 saturated heterocycles. The van der Waals surface area contributed by atoms with Crippen molar-refractivity contribution in [3.63, 3.8) is 0 Å². The highest BCUT2D eigenvalue weighted by Crippen LogP contribution is 2.41. The van der Waals surface area contributed by atoms with E-state index >= 15 is 0 Å². The SMILES string of the molecule is Cc1cc(NC(c2ccccc2)(c2ccccc2)c2ccccc2)c(C(=N)c2ccc(F)cc2)cn1. The van der Waals surface area contributed by atoms with Crippen LogP contribution in [0.15, 0.2) is 128 Å². The van der Waals surface area contributed by atoms with Gasteiger partial charge in [-0.3, -0.25) is 10.4 Å². The van der Waals surface area contributed by atoms with Crippen molar-refractivity contribution in [3.05, 3.63) is 167 Å². The molecule has 176 valence electrons. The minimum atomic E-state index is -0.741. The van der Waals surface area contributed by atoms with E-state index in [0.717, 1.165) is 28.1 Å². The number of aromatic nitrogens is 1. The molecule has 0 radical (unpaired) electrons. The van der Waals surface area contributed by atoms with Crippen LogP contribution >= 0.6 is 0 Å². The highest BCUT2D eigenvalue weighted by molar-refractivity contribution is 6.14. The highest BCUT2D eigenvalue weighted by atomic mass is 19.1. The minimum Gasteiger partial charge on any atom is -0.367 e. The summed E-state index contributed by atoms with van der Waals surface area (Å²) in [6.45, 7) is 1.94. The summed E-state index contributed by atoms with van der Waals surface area (Å²) in [5, 5.41) is 12.8. The predicted octanol–water partition coefficient (Wildman–Crippen LogP) is 7.35. The number of halogens is 1. The Morgan fingerprint density at radius 1 is 0.722 bits per heavy atom. The first-order chi connectivity index (χ1) is 17.6. The van der Waals surface area contributed by atoms with Crippen LogP contribution in [0.25, 0.3) is 0 Å². The van der Waals surface area contributed by atoms with Crippen LogP contribution in [0.1, 0.15) is 33.5 Å². The Hall–Kier alpha value is -4.57. The molecule has 0 fully saturated rings. The molecular weight excluding hydrogens is 445 g/mol. The summed E-state index contributed by atoms with van der Waals surface area (Å²) in [6, 6.07) is 38.9. The fraction of sp³-hybridized carbons (Fsp3) is 0.0625. The summed E-state index contributed by atoms with van der Waals surface area (Å²) < 4.78 is 13.6. The average Bonchev–Trinajstić information content (AvgIpc) is 2.93. The van der Waals surface area contributed by atoms with Crippen molar-refractivity contribution in [2.24, 2.45) is 0 Å². The van der Waals surface area contributed by atoms with Crippen LogP contribution < -0.4 is 5.32 Å². The van der Waals surface area contributed by atoms with E-state index < -0.39 is 5.54 Å². The standard InChI is InChI=1S/C32H26FN3/c1-23-21-30(29(22-35-23)31(34)24-17-19-28(33)20-18-24)36-32(25-11-5-2-6-12-25,26-13-7-3-8-14-26)27-15-9-4-10-16-27/h2-22,34H,1H3,(H,35,36). The lowest BCUT2D eigenvalue weighted by atomic mass is 9.76. The van der Waals surface area contributed by atoms with E-state index in [9.17, 15) is 4.39 Å². The molecule has 0 unspecified atom stereocenters. The van der Waals surface area contributed by atoms with Crippen molar-refractivity contribution < 1.29 is 4.39 Å². The van der Waals surface area contributed by atoms with Gasteiger partial charge in [0, 0.05) is 28.7 Å². The van der Waals surface area contributed by atoms with E-state index in [4.69, 9.17) is 5.41 Å². The van der Waals surface area contributed by atoms with Gasteiger partial charge in [0.1, 0.15) is 11.4 Å². The molecule has 1 aromatic heterocycles. The van der Waals surface area contributed by atoms with Crippen LogP contribution in [-0.2, 0) is 5.54 Å². The van der Waals surface area contributed by atoms with E-state index in [-0.39, 0.29) is 11.5 Å². The first-order valence-electron chi connectivity index (χ1n) is 11.8. The summed E-state index contributed by atoms with van der Waals surface area (Å²) >= 11 is 0. The van der Waals surface area contributed by atoms with Crippen molar-refractivity contribution in [2.45, 2.75) is 12.5 Å². The van der Waals surface area contributed by atoms with Crippen LogP contribution in [0, 0.1) is 18.2 Å². The smallest absolute Gasteiger partial charge is 0.123 e. The van der Waals surface area contributed by atoms with Gasteiger partial charge in [0.05, 0.1) is 5.71 Å². The molecule has 0 aliphatic heterocycles. The monoisotopic (exact) mass is 471 g/mol. The van der Waals surface area contributed by atoms with Crippen molar-refractivity contribution in [2.75, 3.05) is 5.32 Å². The first-order valence-corrected chi connectivity index (χ1v) is 11.8. The van der Waals surface area contributed by atoms with Crippen molar-refractivity contribution in [1.82, 2.24) is 4.98 Å². The van der Waals surface area contributed by atoms with E-state index in [1.165, 1.54) is 12.1 Å². The van der Waals surface area contributed by atoms with Crippen molar-refractivity contribution in [3.8, 4) is 0 Å². The highest BCUT2D eigenvalue weighted by Gasteiger charge is 2.37. The number of hydrogen-bond acceptors (Lipinski definition) is 3. The number of nitrogens with zero attached hydrogens (tertiary/aromatic N) is 1. The molecule has 0 bridgehead atoms. The van der Waals surface area contributed by atoms with Gasteiger partial charge in [0.2, 0.25) is 0 Å². The fourth-order valence-corrected chi connectivity index (χ4v) is 4.62. The summed E-state index contributed by atoms with van der Waals surface area (Å²) in [5.74, 6) is -0.330. The number of hydrogen-bond donors (Lipinski definition) is 2. The molecule has 0 amide bonds. The second-order valence-electron chi connectivity index (χ2n) is 8.73. The third kappa shape index (κ3) is 4.41. The quantitative estimate of drug-likeness (QED) is 0.193. The number of pyridine rings is 1. The molecule has 0 spiro atoms. The zero-order chi connectivity index (χ0) is 25.0. The number of nitrogens with one attached hydrogen (secondary N) is 2. The second kappa shape index (κ2) is 9.96. The van der Waals surface area contributed by atoms with E-state index in [1.807, 2.05) is 67.6 Å². The van der Waals surface area contributed by atoms with E-state index in [1.54, 1.807) is 18.3 Å². The molecule has 4 aromatic carbocycles. The third-order valence-electron chi connectivity index (χ3n) is 6.39. The molecule has 0 atom stereocenters. The molecule has 3 nitrogen and oxygen atoms in total. The molecule has 1 heterocycles. The minimum absolute atomic E-state index is 0.271. The maximum absolute atomic E-state index is 13.6. The Morgan fingerprint density at radius 3 is 1.67 bits per heavy atom. The van der Waals surface area contributed by atoms with Crippen LogP contribution in [0.3, 0.4) is 0 Å². The van der Waals surface area contributed by atoms with Gasteiger partial charge < -0.3 is 5.32 Å². The van der Waals surface area contributed by atoms with Gasteiger partial charge in [-0.2, -0.15) is 0 Å².